The highest BCUT2D eigenvalue weighted by Gasteiger charge is 2.10. The molecule has 0 radical (unpaired) electrons. The zero-order valence-electron chi connectivity index (χ0n) is 12.4. The first-order valence-electron chi connectivity index (χ1n) is 7.62. The van der Waals surface area contributed by atoms with E-state index in [1.54, 1.807) is 6.07 Å². The Morgan fingerprint density at radius 1 is 1.05 bits per heavy atom. The van der Waals surface area contributed by atoms with Crippen molar-refractivity contribution in [2.75, 3.05) is 13.2 Å². The van der Waals surface area contributed by atoms with Crippen molar-refractivity contribution >= 4 is 12.6 Å². The molecule has 0 amide bonds. The van der Waals surface area contributed by atoms with Gasteiger partial charge in [0.05, 0.1) is 0 Å². The van der Waals surface area contributed by atoms with Gasteiger partial charge in [0, 0.05) is 30.6 Å². The maximum atomic E-state index is 8.96. The molecule has 0 saturated heterocycles. The highest BCUT2D eigenvalue weighted by molar-refractivity contribution is 6.58. The molecule has 0 fully saturated rings. The summed E-state index contributed by atoms with van der Waals surface area (Å²) in [4.78, 5) is 4.21. The first-order valence-corrected chi connectivity index (χ1v) is 7.62. The van der Waals surface area contributed by atoms with E-state index in [2.05, 4.69) is 11.9 Å². The summed E-state index contributed by atoms with van der Waals surface area (Å²) >= 11 is 0. The smallest absolute Gasteiger partial charge is 0.423 e. The normalized spacial score (nSPS) is 10.8. The first kappa shape index (κ1) is 17.1. The van der Waals surface area contributed by atoms with E-state index in [-0.39, 0.29) is 0 Å². The molecular weight excluding hydrogens is 253 g/mol. The molecule has 0 saturated carbocycles. The van der Waals surface area contributed by atoms with Crippen LogP contribution in [0, 0.1) is 0 Å². The topological polar surface area (TPSA) is 62.6 Å². The molecular formula is C15H26BNO3. The summed E-state index contributed by atoms with van der Waals surface area (Å²) in [6.07, 6.45) is 9.50. The SMILES string of the molecule is CCCCCCOCCCCc1ccc(B(O)O)cn1. The number of pyridine rings is 1. The lowest BCUT2D eigenvalue weighted by Crippen LogP contribution is -2.30. The number of nitrogens with zero attached hydrogens (tertiary/aromatic N) is 1. The van der Waals surface area contributed by atoms with E-state index in [1.165, 1.54) is 31.9 Å². The maximum Gasteiger partial charge on any atom is 0.490 e. The highest BCUT2D eigenvalue weighted by Crippen LogP contribution is 2.03. The number of hydrogen-bond donors (Lipinski definition) is 2. The monoisotopic (exact) mass is 279 g/mol. The van der Waals surface area contributed by atoms with Crippen molar-refractivity contribution < 1.29 is 14.8 Å². The van der Waals surface area contributed by atoms with Gasteiger partial charge in [-0.05, 0) is 31.7 Å². The average Bonchev–Trinajstić information content (AvgIpc) is 2.46. The summed E-state index contributed by atoms with van der Waals surface area (Å²) in [6.45, 7) is 3.91. The molecule has 0 aliphatic rings. The molecule has 0 aromatic carbocycles. The summed E-state index contributed by atoms with van der Waals surface area (Å²) in [5, 5.41) is 17.9. The number of aryl methyl sites for hydroxylation is 1. The fraction of sp³-hybridized carbons (Fsp3) is 0.667. The van der Waals surface area contributed by atoms with Crippen LogP contribution in [-0.2, 0) is 11.2 Å². The lowest BCUT2D eigenvalue weighted by molar-refractivity contribution is 0.126. The van der Waals surface area contributed by atoms with Gasteiger partial charge in [-0.1, -0.05) is 32.3 Å². The summed E-state index contributed by atoms with van der Waals surface area (Å²) in [5.74, 6) is 0. The molecule has 4 nitrogen and oxygen atoms in total. The van der Waals surface area contributed by atoms with Crippen LogP contribution >= 0.6 is 0 Å². The molecule has 5 heteroatoms. The van der Waals surface area contributed by atoms with Crippen LogP contribution in [0.25, 0.3) is 0 Å². The Labute approximate surface area is 122 Å². The third-order valence-electron chi connectivity index (χ3n) is 3.26. The third kappa shape index (κ3) is 7.63. The molecule has 0 aliphatic carbocycles. The van der Waals surface area contributed by atoms with Crippen LogP contribution < -0.4 is 5.46 Å². The van der Waals surface area contributed by atoms with E-state index in [9.17, 15) is 0 Å². The lowest BCUT2D eigenvalue weighted by Gasteiger charge is -2.05. The first-order chi connectivity index (χ1) is 9.74. The predicted octanol–water partition coefficient (Wildman–Crippen LogP) is 1.68. The number of aromatic nitrogens is 1. The Balaban J connectivity index is 2.01. The number of hydrogen-bond acceptors (Lipinski definition) is 4. The van der Waals surface area contributed by atoms with Gasteiger partial charge in [-0.25, -0.2) is 0 Å². The van der Waals surface area contributed by atoms with Crippen LogP contribution in [0.5, 0.6) is 0 Å². The highest BCUT2D eigenvalue weighted by atomic mass is 16.5. The lowest BCUT2D eigenvalue weighted by atomic mass is 9.81. The van der Waals surface area contributed by atoms with Gasteiger partial charge >= 0.3 is 7.12 Å². The van der Waals surface area contributed by atoms with Crippen molar-refractivity contribution in [1.82, 2.24) is 4.98 Å². The average molecular weight is 279 g/mol. The quantitative estimate of drug-likeness (QED) is 0.478. The molecule has 2 N–H and O–H groups in total. The van der Waals surface area contributed by atoms with E-state index >= 15 is 0 Å². The molecule has 1 heterocycles. The minimum Gasteiger partial charge on any atom is -0.423 e. The van der Waals surface area contributed by atoms with Gasteiger partial charge in [-0.2, -0.15) is 0 Å². The van der Waals surface area contributed by atoms with Crippen LogP contribution in [0.3, 0.4) is 0 Å². The van der Waals surface area contributed by atoms with Crippen LogP contribution in [0.1, 0.15) is 51.1 Å². The summed E-state index contributed by atoms with van der Waals surface area (Å²) in [5.41, 5.74) is 1.42. The van der Waals surface area contributed by atoms with Crippen LogP contribution in [-0.4, -0.2) is 35.4 Å². The molecule has 20 heavy (non-hydrogen) atoms. The molecule has 112 valence electrons. The minimum absolute atomic E-state index is 0.434. The van der Waals surface area contributed by atoms with Gasteiger partial charge in [0.2, 0.25) is 0 Å². The van der Waals surface area contributed by atoms with Gasteiger partial charge in [0.1, 0.15) is 0 Å². The maximum absolute atomic E-state index is 8.96. The third-order valence-corrected chi connectivity index (χ3v) is 3.26. The minimum atomic E-state index is -1.43. The second-order valence-corrected chi connectivity index (χ2v) is 5.09. The van der Waals surface area contributed by atoms with Gasteiger partial charge < -0.3 is 14.8 Å². The van der Waals surface area contributed by atoms with Crippen LogP contribution in [0.15, 0.2) is 18.3 Å². The van der Waals surface area contributed by atoms with E-state index in [0.29, 0.717) is 5.46 Å². The molecule has 1 aromatic rings. The Morgan fingerprint density at radius 2 is 1.80 bits per heavy atom. The molecule has 0 spiro atoms. The van der Waals surface area contributed by atoms with Crippen molar-refractivity contribution in [3.63, 3.8) is 0 Å². The zero-order valence-corrected chi connectivity index (χ0v) is 12.4. The Bertz CT molecular complexity index is 343. The summed E-state index contributed by atoms with van der Waals surface area (Å²) in [6, 6.07) is 3.55. The summed E-state index contributed by atoms with van der Waals surface area (Å²) in [7, 11) is -1.43. The van der Waals surface area contributed by atoms with Crippen molar-refractivity contribution in [3.05, 3.63) is 24.0 Å². The van der Waals surface area contributed by atoms with Gasteiger partial charge in [-0.15, -0.1) is 0 Å². The van der Waals surface area contributed by atoms with E-state index in [1.807, 2.05) is 6.07 Å². The van der Waals surface area contributed by atoms with Crippen LogP contribution in [0.4, 0.5) is 0 Å². The largest absolute Gasteiger partial charge is 0.490 e. The second kappa shape index (κ2) is 10.8. The Hall–Kier alpha value is -0.905. The fourth-order valence-electron chi connectivity index (χ4n) is 1.98. The molecule has 0 atom stereocenters. The Morgan fingerprint density at radius 3 is 2.40 bits per heavy atom. The molecule has 1 aromatic heterocycles. The fourth-order valence-corrected chi connectivity index (χ4v) is 1.98. The zero-order chi connectivity index (χ0) is 14.6. The van der Waals surface area contributed by atoms with Gasteiger partial charge in [-0.3, -0.25) is 4.98 Å². The molecule has 0 aliphatic heterocycles. The van der Waals surface area contributed by atoms with E-state index in [4.69, 9.17) is 14.8 Å². The van der Waals surface area contributed by atoms with E-state index in [0.717, 1.165) is 38.2 Å². The molecule has 1 rings (SSSR count). The van der Waals surface area contributed by atoms with Gasteiger partial charge in [0.15, 0.2) is 0 Å². The van der Waals surface area contributed by atoms with Crippen molar-refractivity contribution in [3.8, 4) is 0 Å². The van der Waals surface area contributed by atoms with Crippen molar-refractivity contribution in [2.45, 2.75) is 51.9 Å². The predicted molar refractivity (Wildman–Crippen MR) is 82.0 cm³/mol. The summed E-state index contributed by atoms with van der Waals surface area (Å²) < 4.78 is 5.58. The molecule has 0 unspecified atom stereocenters. The molecule has 0 bridgehead atoms. The second-order valence-electron chi connectivity index (χ2n) is 5.09. The van der Waals surface area contributed by atoms with Gasteiger partial charge in [0.25, 0.3) is 0 Å². The number of rotatable bonds is 11. The number of ether oxygens (including phenoxy) is 1. The van der Waals surface area contributed by atoms with Crippen molar-refractivity contribution in [2.24, 2.45) is 0 Å². The van der Waals surface area contributed by atoms with Crippen LogP contribution in [0.2, 0.25) is 0 Å². The van der Waals surface area contributed by atoms with E-state index < -0.39 is 7.12 Å². The standard InChI is InChI=1S/C15H26BNO3/c1-2-3-4-6-11-20-12-7-5-8-15-10-9-14(13-17-15)16(18)19/h9-10,13,18-19H,2-8,11-12H2,1H3. The Kier molecular flexibility index (Phi) is 9.29. The number of unbranched alkanes of at least 4 members (excludes halogenated alkanes) is 4. The van der Waals surface area contributed by atoms with Crippen molar-refractivity contribution in [1.29, 1.82) is 0 Å².